The fraction of sp³-hybridized carbons (Fsp3) is 0.778. The van der Waals surface area contributed by atoms with Crippen molar-refractivity contribution < 1.29 is 9.90 Å². The number of aliphatic hydroxyl groups is 1. The summed E-state index contributed by atoms with van der Waals surface area (Å²) in [5.74, 6) is 0.303. The molecule has 0 radical (unpaired) electrons. The lowest BCUT2D eigenvalue weighted by Gasteiger charge is -2.31. The molecule has 6 heteroatoms. The summed E-state index contributed by atoms with van der Waals surface area (Å²) < 4.78 is 0. The molecule has 1 aromatic heterocycles. The topological polar surface area (TPSA) is 72.5 Å². The molecular formula is C18H30N4O2. The third-order valence-corrected chi connectivity index (χ3v) is 5.36. The van der Waals surface area contributed by atoms with Gasteiger partial charge in [-0.25, -0.2) is 0 Å². The van der Waals surface area contributed by atoms with Crippen LogP contribution in [0.25, 0.3) is 0 Å². The molecule has 2 N–H and O–H groups in total. The molecule has 1 amide bonds. The molecule has 3 rings (SSSR count). The van der Waals surface area contributed by atoms with Gasteiger partial charge in [-0.3, -0.25) is 9.89 Å². The van der Waals surface area contributed by atoms with Crippen LogP contribution >= 0.6 is 0 Å². The van der Waals surface area contributed by atoms with Crippen molar-refractivity contribution in [3.63, 3.8) is 0 Å². The Morgan fingerprint density at radius 3 is 2.67 bits per heavy atom. The van der Waals surface area contributed by atoms with Gasteiger partial charge in [0.2, 0.25) is 0 Å². The second kappa shape index (κ2) is 7.23. The first-order valence-corrected chi connectivity index (χ1v) is 9.26. The Kier molecular flexibility index (Phi) is 5.25. The van der Waals surface area contributed by atoms with Crippen LogP contribution < -0.4 is 0 Å². The Morgan fingerprint density at radius 2 is 2.00 bits per heavy atom. The number of amides is 1. The molecule has 0 aliphatic carbocycles. The summed E-state index contributed by atoms with van der Waals surface area (Å²) in [5.41, 5.74) is 0.816. The summed E-state index contributed by atoms with van der Waals surface area (Å²) in [6.45, 7) is 8.39. The zero-order valence-electron chi connectivity index (χ0n) is 14.9. The lowest BCUT2D eigenvalue weighted by molar-refractivity contribution is -0.00291. The Hall–Kier alpha value is -1.40. The Bertz CT molecular complexity index is 565. The van der Waals surface area contributed by atoms with Crippen molar-refractivity contribution in [2.75, 3.05) is 32.7 Å². The highest BCUT2D eigenvalue weighted by Crippen LogP contribution is 2.26. The zero-order chi connectivity index (χ0) is 17.2. The minimum atomic E-state index is -0.659. The summed E-state index contributed by atoms with van der Waals surface area (Å²) in [7, 11) is 0. The largest absolute Gasteiger partial charge is 0.388 e. The quantitative estimate of drug-likeness (QED) is 0.883. The maximum absolute atomic E-state index is 12.7. The van der Waals surface area contributed by atoms with Gasteiger partial charge in [0.05, 0.1) is 5.60 Å². The van der Waals surface area contributed by atoms with Gasteiger partial charge in [-0.2, -0.15) is 5.10 Å². The molecule has 2 saturated heterocycles. The molecule has 0 aromatic carbocycles. The zero-order valence-corrected chi connectivity index (χ0v) is 14.9. The van der Waals surface area contributed by atoms with Crippen LogP contribution in [-0.2, 0) is 0 Å². The first-order valence-electron chi connectivity index (χ1n) is 9.26. The minimum Gasteiger partial charge on any atom is -0.388 e. The molecule has 0 unspecified atom stereocenters. The number of nitrogens with zero attached hydrogens (tertiary/aromatic N) is 3. The molecule has 134 valence electrons. The van der Waals surface area contributed by atoms with Crippen molar-refractivity contribution in [2.45, 2.75) is 57.5 Å². The van der Waals surface area contributed by atoms with Crippen LogP contribution in [0.2, 0.25) is 0 Å². The Balaban J connectivity index is 1.60. The Morgan fingerprint density at radius 1 is 1.25 bits per heavy atom. The van der Waals surface area contributed by atoms with Crippen molar-refractivity contribution in [3.05, 3.63) is 17.5 Å². The summed E-state index contributed by atoms with van der Waals surface area (Å²) in [4.78, 5) is 16.9. The predicted octanol–water partition coefficient (Wildman–Crippen LogP) is 1.99. The molecule has 2 aliphatic rings. The van der Waals surface area contributed by atoms with E-state index in [-0.39, 0.29) is 5.91 Å². The van der Waals surface area contributed by atoms with E-state index in [1.165, 1.54) is 12.8 Å². The normalized spacial score (nSPS) is 26.1. The number of likely N-dealkylation sites (tertiary alicyclic amines) is 2. The first kappa shape index (κ1) is 17.4. The summed E-state index contributed by atoms with van der Waals surface area (Å²) >= 11 is 0. The average Bonchev–Trinajstić information content (AvgIpc) is 3.18. The summed E-state index contributed by atoms with van der Waals surface area (Å²) in [6.07, 6.45) is 4.73. The van der Waals surface area contributed by atoms with Crippen LogP contribution in [0, 0.1) is 0 Å². The molecule has 0 bridgehead atoms. The number of H-pyrrole nitrogens is 1. The van der Waals surface area contributed by atoms with E-state index in [9.17, 15) is 9.90 Å². The lowest BCUT2D eigenvalue weighted by Crippen LogP contribution is -2.43. The molecule has 2 aliphatic heterocycles. The van der Waals surface area contributed by atoms with Gasteiger partial charge in [0.1, 0.15) is 5.69 Å². The number of aromatic amines is 1. The fourth-order valence-corrected chi connectivity index (χ4v) is 3.80. The highest BCUT2D eigenvalue weighted by molar-refractivity contribution is 5.92. The van der Waals surface area contributed by atoms with E-state index in [2.05, 4.69) is 28.9 Å². The fourth-order valence-electron chi connectivity index (χ4n) is 3.80. The first-order chi connectivity index (χ1) is 11.5. The maximum atomic E-state index is 12.7. The van der Waals surface area contributed by atoms with Crippen LogP contribution in [0.1, 0.15) is 68.1 Å². The number of hydrogen-bond donors (Lipinski definition) is 2. The molecule has 0 saturated carbocycles. The number of hydrogen-bond acceptors (Lipinski definition) is 4. The van der Waals surface area contributed by atoms with Crippen LogP contribution in [0.5, 0.6) is 0 Å². The second-order valence-corrected chi connectivity index (χ2v) is 7.72. The smallest absolute Gasteiger partial charge is 0.274 e. The third-order valence-electron chi connectivity index (χ3n) is 5.36. The van der Waals surface area contributed by atoms with Gasteiger partial charge < -0.3 is 14.9 Å². The number of carbonyl (C=O) groups is 1. The van der Waals surface area contributed by atoms with Crippen molar-refractivity contribution in [2.24, 2.45) is 0 Å². The molecule has 24 heavy (non-hydrogen) atoms. The van der Waals surface area contributed by atoms with Gasteiger partial charge in [-0.1, -0.05) is 13.8 Å². The minimum absolute atomic E-state index is 0.0245. The number of aromatic nitrogens is 2. The van der Waals surface area contributed by atoms with Gasteiger partial charge in [0.25, 0.3) is 5.91 Å². The van der Waals surface area contributed by atoms with Crippen LogP contribution in [0.15, 0.2) is 6.07 Å². The van der Waals surface area contributed by atoms with Gasteiger partial charge in [-0.05, 0) is 57.2 Å². The second-order valence-electron chi connectivity index (χ2n) is 7.72. The standard InChI is InChI=1S/C18H30N4O2/c1-14(2)15-12-16(20-19-15)17(23)22-10-5-6-18(24,7-11-22)13-21-8-3-4-9-21/h12,14,24H,3-11,13H2,1-2H3,(H,19,20)/t18-/m1/s1. The molecule has 2 fully saturated rings. The van der Waals surface area contributed by atoms with Gasteiger partial charge in [0, 0.05) is 25.3 Å². The molecule has 0 spiro atoms. The highest BCUT2D eigenvalue weighted by atomic mass is 16.3. The van der Waals surface area contributed by atoms with Gasteiger partial charge in [0.15, 0.2) is 0 Å². The lowest BCUT2D eigenvalue weighted by atomic mass is 9.94. The van der Waals surface area contributed by atoms with E-state index in [4.69, 9.17) is 0 Å². The maximum Gasteiger partial charge on any atom is 0.274 e. The molecule has 1 atom stereocenters. The SMILES string of the molecule is CC(C)c1cc(C(=O)N2CCC[C@](O)(CN3CCCC3)CC2)n[nH]1. The monoisotopic (exact) mass is 334 g/mol. The van der Waals surface area contributed by atoms with Crippen LogP contribution in [-0.4, -0.2) is 69.3 Å². The molecule has 6 nitrogen and oxygen atoms in total. The number of rotatable bonds is 4. The van der Waals surface area contributed by atoms with Crippen LogP contribution in [0.3, 0.4) is 0 Å². The summed E-state index contributed by atoms with van der Waals surface area (Å²) in [6, 6.07) is 1.86. The molecular weight excluding hydrogens is 304 g/mol. The summed E-state index contributed by atoms with van der Waals surface area (Å²) in [5, 5.41) is 18.1. The Labute approximate surface area is 144 Å². The van der Waals surface area contributed by atoms with Gasteiger partial charge in [-0.15, -0.1) is 0 Å². The average molecular weight is 334 g/mol. The van der Waals surface area contributed by atoms with Crippen molar-refractivity contribution in [1.29, 1.82) is 0 Å². The third kappa shape index (κ3) is 3.98. The van der Waals surface area contributed by atoms with E-state index in [0.29, 0.717) is 31.1 Å². The predicted molar refractivity (Wildman–Crippen MR) is 93.1 cm³/mol. The molecule has 3 heterocycles. The van der Waals surface area contributed by atoms with Crippen molar-refractivity contribution >= 4 is 5.91 Å². The highest BCUT2D eigenvalue weighted by Gasteiger charge is 2.34. The van der Waals surface area contributed by atoms with Crippen molar-refractivity contribution in [1.82, 2.24) is 20.0 Å². The van der Waals surface area contributed by atoms with E-state index in [1.807, 2.05) is 11.0 Å². The number of carbonyl (C=O) groups excluding carboxylic acids is 1. The number of nitrogens with one attached hydrogen (secondary N) is 1. The van der Waals surface area contributed by atoms with Crippen molar-refractivity contribution in [3.8, 4) is 0 Å². The van der Waals surface area contributed by atoms with Gasteiger partial charge >= 0.3 is 0 Å². The number of β-amino-alcohol motifs (C(OH)–C–C–N with tert-alkyl or cyclic N) is 1. The van der Waals surface area contributed by atoms with E-state index in [1.54, 1.807) is 0 Å². The van der Waals surface area contributed by atoms with E-state index >= 15 is 0 Å². The van der Waals surface area contributed by atoms with Crippen LogP contribution in [0.4, 0.5) is 0 Å². The van der Waals surface area contributed by atoms with E-state index in [0.717, 1.165) is 38.2 Å². The molecule has 1 aromatic rings. The van der Waals surface area contributed by atoms with E-state index < -0.39 is 5.60 Å².